The lowest BCUT2D eigenvalue weighted by Crippen LogP contribution is -1.95. The molecule has 2 aromatic carbocycles. The Morgan fingerprint density at radius 1 is 1.14 bits per heavy atom. The van der Waals surface area contributed by atoms with Gasteiger partial charge >= 0.3 is 0 Å². The first-order valence-corrected chi connectivity index (χ1v) is 7.09. The molecule has 0 bridgehead atoms. The van der Waals surface area contributed by atoms with Crippen molar-refractivity contribution in [2.75, 3.05) is 0 Å². The highest BCUT2D eigenvalue weighted by Gasteiger charge is 2.09. The molecule has 0 aliphatic carbocycles. The van der Waals surface area contributed by atoms with Gasteiger partial charge in [0.1, 0.15) is 11.6 Å². The van der Waals surface area contributed by atoms with Gasteiger partial charge in [-0.25, -0.2) is 9.37 Å². The van der Waals surface area contributed by atoms with E-state index < -0.39 is 0 Å². The summed E-state index contributed by atoms with van der Waals surface area (Å²) < 4.78 is 19.1. The largest absolute Gasteiger partial charge is 0.439 e. The molecule has 106 valence electrons. The fraction of sp³-hybridized carbons (Fsp3) is 0.118. The number of aromatic nitrogens is 1. The predicted molar refractivity (Wildman–Crippen MR) is 82.5 cm³/mol. The van der Waals surface area contributed by atoms with E-state index in [-0.39, 0.29) is 5.82 Å². The van der Waals surface area contributed by atoms with Crippen molar-refractivity contribution in [3.8, 4) is 11.6 Å². The van der Waals surface area contributed by atoms with Crippen LogP contribution in [0, 0.1) is 12.7 Å². The van der Waals surface area contributed by atoms with Crippen molar-refractivity contribution in [2.45, 2.75) is 12.8 Å². The predicted octanol–water partition coefficient (Wildman–Crippen LogP) is 5.21. The van der Waals surface area contributed by atoms with Crippen LogP contribution in [0.25, 0.3) is 10.9 Å². The number of fused-ring (bicyclic) bond motifs is 1. The van der Waals surface area contributed by atoms with Crippen LogP contribution in [0.5, 0.6) is 11.6 Å². The van der Waals surface area contributed by atoms with E-state index >= 15 is 0 Å². The van der Waals surface area contributed by atoms with E-state index in [4.69, 9.17) is 16.3 Å². The highest BCUT2D eigenvalue weighted by molar-refractivity contribution is 6.17. The molecule has 1 aromatic heterocycles. The molecule has 0 atom stereocenters. The fourth-order valence-corrected chi connectivity index (χ4v) is 2.31. The van der Waals surface area contributed by atoms with Gasteiger partial charge in [-0.3, -0.25) is 0 Å². The van der Waals surface area contributed by atoms with Gasteiger partial charge in [0, 0.05) is 10.9 Å². The van der Waals surface area contributed by atoms with Crippen LogP contribution in [-0.4, -0.2) is 4.98 Å². The van der Waals surface area contributed by atoms with E-state index in [0.717, 1.165) is 16.5 Å². The maximum absolute atomic E-state index is 13.3. The minimum atomic E-state index is -0.258. The molecular formula is C17H13ClFNO. The summed E-state index contributed by atoms with van der Waals surface area (Å²) >= 11 is 5.98. The van der Waals surface area contributed by atoms with E-state index in [9.17, 15) is 4.39 Å². The van der Waals surface area contributed by atoms with Crippen molar-refractivity contribution in [3.05, 3.63) is 65.5 Å². The number of nitrogens with zero attached hydrogens (tertiary/aromatic N) is 1. The van der Waals surface area contributed by atoms with Gasteiger partial charge in [0.25, 0.3) is 0 Å². The summed E-state index contributed by atoms with van der Waals surface area (Å²) in [5.74, 6) is 1.04. The van der Waals surface area contributed by atoms with Gasteiger partial charge in [-0.15, -0.1) is 11.6 Å². The molecule has 0 unspecified atom stereocenters. The topological polar surface area (TPSA) is 22.1 Å². The normalized spacial score (nSPS) is 10.8. The Labute approximate surface area is 127 Å². The molecule has 1 heterocycles. The third-order valence-corrected chi connectivity index (χ3v) is 3.54. The van der Waals surface area contributed by atoms with Crippen LogP contribution in [-0.2, 0) is 5.88 Å². The maximum atomic E-state index is 13.3. The molecule has 4 heteroatoms. The van der Waals surface area contributed by atoms with Crippen LogP contribution in [0.2, 0.25) is 0 Å². The van der Waals surface area contributed by atoms with Gasteiger partial charge in [0.2, 0.25) is 5.88 Å². The van der Waals surface area contributed by atoms with Gasteiger partial charge in [-0.2, -0.15) is 0 Å². The zero-order valence-corrected chi connectivity index (χ0v) is 12.2. The molecule has 21 heavy (non-hydrogen) atoms. The minimum Gasteiger partial charge on any atom is -0.439 e. The number of pyridine rings is 1. The van der Waals surface area contributed by atoms with Crippen molar-refractivity contribution in [1.82, 2.24) is 4.98 Å². The Morgan fingerprint density at radius 2 is 1.95 bits per heavy atom. The van der Waals surface area contributed by atoms with Crippen LogP contribution in [0.1, 0.15) is 11.1 Å². The second-order valence-corrected chi connectivity index (χ2v) is 5.06. The Kier molecular flexibility index (Phi) is 3.76. The quantitative estimate of drug-likeness (QED) is 0.619. The van der Waals surface area contributed by atoms with E-state index in [1.165, 1.54) is 6.07 Å². The molecule has 3 aromatic rings. The monoisotopic (exact) mass is 301 g/mol. The molecule has 0 saturated heterocycles. The number of rotatable bonds is 3. The van der Waals surface area contributed by atoms with E-state index in [1.54, 1.807) is 19.1 Å². The Morgan fingerprint density at radius 3 is 2.71 bits per heavy atom. The van der Waals surface area contributed by atoms with Gasteiger partial charge in [0.15, 0.2) is 0 Å². The highest BCUT2D eigenvalue weighted by Crippen LogP contribution is 2.28. The number of aryl methyl sites for hydroxylation is 1. The summed E-state index contributed by atoms with van der Waals surface area (Å²) in [5, 5.41) is 1.01. The van der Waals surface area contributed by atoms with Crippen molar-refractivity contribution < 1.29 is 9.13 Å². The second-order valence-electron chi connectivity index (χ2n) is 4.79. The third kappa shape index (κ3) is 2.83. The lowest BCUT2D eigenvalue weighted by molar-refractivity contribution is 0.458. The SMILES string of the molecule is Cc1cc(Oc2nc3ccccc3cc2CCl)ccc1F. The summed E-state index contributed by atoms with van der Waals surface area (Å²) in [6, 6.07) is 14.3. The van der Waals surface area contributed by atoms with Gasteiger partial charge in [-0.05, 0) is 42.8 Å². The first-order valence-electron chi connectivity index (χ1n) is 6.56. The minimum absolute atomic E-state index is 0.258. The molecule has 3 rings (SSSR count). The highest BCUT2D eigenvalue weighted by atomic mass is 35.5. The number of halogens is 2. The first kappa shape index (κ1) is 13.8. The molecule has 0 saturated carbocycles. The molecular weight excluding hydrogens is 289 g/mol. The van der Waals surface area contributed by atoms with Crippen LogP contribution in [0.3, 0.4) is 0 Å². The van der Waals surface area contributed by atoms with Gasteiger partial charge in [0.05, 0.1) is 11.4 Å². The third-order valence-electron chi connectivity index (χ3n) is 3.25. The Hall–Kier alpha value is -2.13. The summed E-state index contributed by atoms with van der Waals surface area (Å²) in [7, 11) is 0. The van der Waals surface area contributed by atoms with Crippen molar-refractivity contribution >= 4 is 22.5 Å². The first-order chi connectivity index (χ1) is 10.2. The summed E-state index contributed by atoms with van der Waals surface area (Å²) in [6.45, 7) is 1.69. The number of alkyl halides is 1. The molecule has 2 nitrogen and oxygen atoms in total. The van der Waals surface area contributed by atoms with E-state index in [1.807, 2.05) is 30.3 Å². The molecule has 0 aliphatic heterocycles. The van der Waals surface area contributed by atoms with Crippen LogP contribution >= 0.6 is 11.6 Å². The summed E-state index contributed by atoms with van der Waals surface area (Å²) in [5.41, 5.74) is 2.17. The Bertz CT molecular complexity index is 804. The average molecular weight is 302 g/mol. The number of benzene rings is 2. The number of hydrogen-bond donors (Lipinski definition) is 0. The lowest BCUT2D eigenvalue weighted by Gasteiger charge is -2.10. The average Bonchev–Trinajstić information content (AvgIpc) is 2.50. The van der Waals surface area contributed by atoms with Crippen molar-refractivity contribution in [1.29, 1.82) is 0 Å². The lowest BCUT2D eigenvalue weighted by atomic mass is 10.1. The number of para-hydroxylation sites is 1. The van der Waals surface area contributed by atoms with Crippen molar-refractivity contribution in [2.24, 2.45) is 0 Å². The summed E-state index contributed by atoms with van der Waals surface area (Å²) in [6.07, 6.45) is 0. The van der Waals surface area contributed by atoms with Crippen LogP contribution < -0.4 is 4.74 Å². The smallest absolute Gasteiger partial charge is 0.224 e. The van der Waals surface area contributed by atoms with Crippen LogP contribution in [0.15, 0.2) is 48.5 Å². The van der Waals surface area contributed by atoms with Crippen molar-refractivity contribution in [3.63, 3.8) is 0 Å². The molecule has 0 radical (unpaired) electrons. The van der Waals surface area contributed by atoms with E-state index in [2.05, 4.69) is 4.98 Å². The standard InChI is InChI=1S/C17H13ClFNO/c1-11-8-14(6-7-15(11)19)21-17-13(10-18)9-12-4-2-3-5-16(12)20-17/h2-9H,10H2,1H3. The summed E-state index contributed by atoms with van der Waals surface area (Å²) in [4.78, 5) is 4.49. The number of ether oxygens (including phenoxy) is 1. The number of hydrogen-bond acceptors (Lipinski definition) is 2. The maximum Gasteiger partial charge on any atom is 0.224 e. The van der Waals surface area contributed by atoms with Crippen LogP contribution in [0.4, 0.5) is 4.39 Å². The second kappa shape index (κ2) is 5.70. The molecule has 0 aliphatic rings. The van der Waals surface area contributed by atoms with E-state index in [0.29, 0.717) is 23.1 Å². The molecule has 0 spiro atoms. The Balaban J connectivity index is 2.04. The van der Waals surface area contributed by atoms with Gasteiger partial charge < -0.3 is 4.74 Å². The zero-order valence-electron chi connectivity index (χ0n) is 11.4. The molecule has 0 N–H and O–H groups in total. The molecule has 0 amide bonds. The zero-order chi connectivity index (χ0) is 14.8. The van der Waals surface area contributed by atoms with Gasteiger partial charge in [-0.1, -0.05) is 18.2 Å². The molecule has 0 fully saturated rings. The fourth-order valence-electron chi connectivity index (χ4n) is 2.12.